The summed E-state index contributed by atoms with van der Waals surface area (Å²) in [6, 6.07) is 4.89. The van der Waals surface area contributed by atoms with Gasteiger partial charge in [0.25, 0.3) is 5.78 Å². The fourth-order valence-electron chi connectivity index (χ4n) is 3.90. The molecule has 2 N–H and O–H groups in total. The van der Waals surface area contributed by atoms with E-state index in [-0.39, 0.29) is 11.6 Å². The van der Waals surface area contributed by atoms with Crippen molar-refractivity contribution < 1.29 is 17.6 Å². The van der Waals surface area contributed by atoms with Crippen molar-refractivity contribution in [3.63, 3.8) is 0 Å². The molecule has 5 rings (SSSR count). The van der Waals surface area contributed by atoms with E-state index in [0.717, 1.165) is 0 Å². The van der Waals surface area contributed by atoms with Crippen molar-refractivity contribution in [2.24, 2.45) is 0 Å². The van der Waals surface area contributed by atoms with Crippen LogP contribution in [0.3, 0.4) is 0 Å². The highest BCUT2D eigenvalue weighted by Gasteiger charge is 2.23. The zero-order valence-electron chi connectivity index (χ0n) is 18.3. The second-order valence-corrected chi connectivity index (χ2v) is 7.97. The van der Waals surface area contributed by atoms with Crippen molar-refractivity contribution >= 4 is 23.4 Å². The molecule has 1 saturated heterocycles. The van der Waals surface area contributed by atoms with Crippen molar-refractivity contribution in [2.45, 2.75) is 0 Å². The number of piperazine rings is 1. The molecule has 1 aliphatic heterocycles. The van der Waals surface area contributed by atoms with Gasteiger partial charge in [-0.1, -0.05) is 0 Å². The van der Waals surface area contributed by atoms with E-state index in [2.05, 4.69) is 25.0 Å². The van der Waals surface area contributed by atoms with Crippen LogP contribution in [0.4, 0.5) is 30.8 Å². The maximum atomic E-state index is 14.1. The Morgan fingerprint density at radius 3 is 2.47 bits per heavy atom. The van der Waals surface area contributed by atoms with Gasteiger partial charge in [0, 0.05) is 58.4 Å². The van der Waals surface area contributed by atoms with Crippen LogP contribution in [0.2, 0.25) is 0 Å². The third-order valence-electron chi connectivity index (χ3n) is 5.73. The van der Waals surface area contributed by atoms with Crippen molar-refractivity contribution in [3.05, 3.63) is 48.0 Å². The van der Waals surface area contributed by atoms with E-state index in [0.29, 0.717) is 74.7 Å². The molecule has 1 aliphatic rings. The minimum Gasteiger partial charge on any atom is -0.461 e. The number of nitrogen functional groups attached to an aromatic ring is 1. The van der Waals surface area contributed by atoms with Crippen molar-refractivity contribution in [1.82, 2.24) is 29.5 Å². The first-order chi connectivity index (χ1) is 16.4. The minimum atomic E-state index is -0.926. The van der Waals surface area contributed by atoms with Gasteiger partial charge in [-0.05, 0) is 12.1 Å². The summed E-state index contributed by atoms with van der Waals surface area (Å²) >= 11 is 0. The lowest BCUT2D eigenvalue weighted by molar-refractivity contribution is 0.262. The summed E-state index contributed by atoms with van der Waals surface area (Å²) in [7, 11) is 1.84. The molecule has 4 aromatic rings. The van der Waals surface area contributed by atoms with Crippen LogP contribution in [0.25, 0.3) is 17.4 Å². The lowest BCUT2D eigenvalue weighted by Gasteiger charge is -2.36. The lowest BCUT2D eigenvalue weighted by Crippen LogP contribution is -2.48. The molecule has 0 atom stereocenters. The number of halogens is 3. The van der Waals surface area contributed by atoms with E-state index in [4.69, 9.17) is 10.2 Å². The van der Waals surface area contributed by atoms with Gasteiger partial charge in [-0.15, -0.1) is 5.10 Å². The van der Waals surface area contributed by atoms with Crippen molar-refractivity contribution in [1.29, 1.82) is 0 Å². The zero-order chi connectivity index (χ0) is 23.8. The third-order valence-corrected chi connectivity index (χ3v) is 5.73. The fraction of sp³-hybridized carbons (Fsp3) is 0.333. The average molecular weight is 473 g/mol. The van der Waals surface area contributed by atoms with Gasteiger partial charge in [-0.3, -0.25) is 4.90 Å². The molecule has 3 aromatic heterocycles. The molecule has 13 heteroatoms. The molecule has 0 aliphatic carbocycles. The second kappa shape index (κ2) is 8.82. The Balaban J connectivity index is 1.21. The van der Waals surface area contributed by atoms with Crippen LogP contribution < -0.4 is 15.5 Å². The van der Waals surface area contributed by atoms with Gasteiger partial charge in [0.2, 0.25) is 17.7 Å². The van der Waals surface area contributed by atoms with E-state index >= 15 is 0 Å². The standard InChI is InChI=1S/C21H22F3N9O/c1-30(20-27-19(25)33-21(28-20)26-18(29-33)16-3-2-10-34-16)4-5-31-6-8-32(9-7-31)17-14(23)11-13(22)12-15(17)24/h2-3,10-12H,4-9H2,1H3,(H2,25,26,27,28,29). The molecule has 0 unspecified atom stereocenters. The van der Waals surface area contributed by atoms with Crippen LogP contribution in [0.5, 0.6) is 0 Å². The van der Waals surface area contributed by atoms with Gasteiger partial charge in [0.05, 0.1) is 6.26 Å². The highest BCUT2D eigenvalue weighted by atomic mass is 19.1. The zero-order valence-corrected chi connectivity index (χ0v) is 18.3. The summed E-state index contributed by atoms with van der Waals surface area (Å²) in [5.74, 6) is -0.995. The molecular weight excluding hydrogens is 451 g/mol. The second-order valence-electron chi connectivity index (χ2n) is 7.97. The largest absolute Gasteiger partial charge is 0.461 e. The monoisotopic (exact) mass is 473 g/mol. The van der Waals surface area contributed by atoms with Crippen LogP contribution in [-0.2, 0) is 0 Å². The number of nitrogens with two attached hydrogens (primary N) is 1. The quantitative estimate of drug-likeness (QED) is 0.450. The summed E-state index contributed by atoms with van der Waals surface area (Å²) in [6.45, 7) is 3.32. The minimum absolute atomic E-state index is 0.147. The topological polar surface area (TPSA) is 105 Å². The Hall–Kier alpha value is -3.87. The average Bonchev–Trinajstić information content (AvgIpc) is 3.48. The molecule has 10 nitrogen and oxygen atoms in total. The number of furan rings is 1. The number of fused-ring (bicyclic) bond motifs is 1. The molecule has 34 heavy (non-hydrogen) atoms. The first kappa shape index (κ1) is 21.9. The first-order valence-electron chi connectivity index (χ1n) is 10.7. The first-order valence-corrected chi connectivity index (χ1v) is 10.7. The van der Waals surface area contributed by atoms with Gasteiger partial charge < -0.3 is 20.0 Å². The Kier molecular flexibility index (Phi) is 5.69. The number of likely N-dealkylation sites (N-methyl/N-ethyl adjacent to an activating group) is 1. The normalized spacial score (nSPS) is 14.8. The number of rotatable bonds is 6. The van der Waals surface area contributed by atoms with Gasteiger partial charge in [-0.25, -0.2) is 13.2 Å². The summed E-state index contributed by atoms with van der Waals surface area (Å²) in [6.07, 6.45) is 1.53. The van der Waals surface area contributed by atoms with E-state index < -0.39 is 17.5 Å². The lowest BCUT2D eigenvalue weighted by atomic mass is 10.2. The Bertz CT molecular complexity index is 1280. The molecule has 0 saturated carbocycles. The fourth-order valence-corrected chi connectivity index (χ4v) is 3.90. The number of hydrogen-bond acceptors (Lipinski definition) is 9. The molecule has 0 radical (unpaired) electrons. The van der Waals surface area contributed by atoms with Crippen molar-refractivity contribution in [2.75, 3.05) is 61.8 Å². The Labute approximate surface area is 192 Å². The van der Waals surface area contributed by atoms with Gasteiger partial charge >= 0.3 is 0 Å². The number of benzene rings is 1. The SMILES string of the molecule is CN(CCN1CCN(c2c(F)cc(F)cc2F)CC1)c1nc(N)n2nc(-c3ccco3)nc2n1. The van der Waals surface area contributed by atoms with E-state index in [1.54, 1.807) is 17.0 Å². The smallest absolute Gasteiger partial charge is 0.259 e. The number of aromatic nitrogens is 5. The van der Waals surface area contributed by atoms with Crippen molar-refractivity contribution in [3.8, 4) is 11.6 Å². The maximum absolute atomic E-state index is 14.1. The summed E-state index contributed by atoms with van der Waals surface area (Å²) in [5.41, 5.74) is 5.87. The van der Waals surface area contributed by atoms with Crippen LogP contribution in [0.15, 0.2) is 34.9 Å². The highest BCUT2D eigenvalue weighted by Crippen LogP contribution is 2.25. The number of nitrogens with zero attached hydrogens (tertiary/aromatic N) is 8. The number of hydrogen-bond donors (Lipinski definition) is 1. The van der Waals surface area contributed by atoms with Gasteiger partial charge in [-0.2, -0.15) is 19.5 Å². The molecule has 178 valence electrons. The molecule has 4 heterocycles. The summed E-state index contributed by atoms with van der Waals surface area (Å²) < 4.78 is 48.0. The van der Waals surface area contributed by atoms with E-state index in [9.17, 15) is 13.2 Å². The molecular formula is C21H22F3N9O. The highest BCUT2D eigenvalue weighted by molar-refractivity contribution is 5.53. The van der Waals surface area contributed by atoms with E-state index in [1.165, 1.54) is 10.8 Å². The summed E-state index contributed by atoms with van der Waals surface area (Å²) in [5, 5.41) is 4.28. The van der Waals surface area contributed by atoms with E-state index in [1.807, 2.05) is 11.9 Å². The van der Waals surface area contributed by atoms with Crippen LogP contribution in [0.1, 0.15) is 0 Å². The summed E-state index contributed by atoms with van der Waals surface area (Å²) in [4.78, 5) is 18.8. The molecule has 1 aromatic carbocycles. The maximum Gasteiger partial charge on any atom is 0.259 e. The predicted octanol–water partition coefficient (Wildman–Crippen LogP) is 2.04. The molecule has 0 spiro atoms. The molecule has 1 fully saturated rings. The van der Waals surface area contributed by atoms with Gasteiger partial charge in [0.1, 0.15) is 11.5 Å². The Morgan fingerprint density at radius 1 is 1.06 bits per heavy atom. The predicted molar refractivity (Wildman–Crippen MR) is 119 cm³/mol. The van der Waals surface area contributed by atoms with Crippen LogP contribution in [0, 0.1) is 17.5 Å². The van der Waals surface area contributed by atoms with Gasteiger partial charge in [0.15, 0.2) is 17.4 Å². The third kappa shape index (κ3) is 4.21. The number of anilines is 3. The van der Waals surface area contributed by atoms with Crippen LogP contribution >= 0.6 is 0 Å². The van der Waals surface area contributed by atoms with Crippen LogP contribution in [-0.4, -0.2) is 75.8 Å². The Morgan fingerprint density at radius 2 is 1.79 bits per heavy atom. The molecule has 0 amide bonds. The molecule has 0 bridgehead atoms.